The van der Waals surface area contributed by atoms with Crippen LogP contribution in [0.25, 0.3) is 0 Å². The first kappa shape index (κ1) is 71.8. The third-order valence-electron chi connectivity index (χ3n) is 16.2. The monoisotopic (exact) mass is 1070 g/mol. The molecule has 446 valence electrons. The van der Waals surface area contributed by atoms with Gasteiger partial charge in [-0.3, -0.25) is 33.8 Å². The molecule has 0 N–H and O–H groups in total. The predicted molar refractivity (Wildman–Crippen MR) is 324 cm³/mol. The lowest BCUT2D eigenvalue weighted by atomic mass is 10.1. The molecule has 0 bridgehead atoms. The van der Waals surface area contributed by atoms with Gasteiger partial charge in [-0.1, -0.05) is 202 Å². The molecule has 0 unspecified atom stereocenters. The number of hydrogen-bond donors (Lipinski definition) is 0. The van der Waals surface area contributed by atoms with Gasteiger partial charge in [-0.25, -0.2) is 0 Å². The van der Waals surface area contributed by atoms with E-state index in [0.717, 1.165) is 143 Å². The summed E-state index contributed by atoms with van der Waals surface area (Å²) < 4.78 is 0. The van der Waals surface area contributed by atoms with Gasteiger partial charge in [0.25, 0.3) is 0 Å². The van der Waals surface area contributed by atoms with E-state index in [1.807, 2.05) is 0 Å². The van der Waals surface area contributed by atoms with Crippen LogP contribution in [-0.2, 0) is 24.0 Å². The lowest BCUT2D eigenvalue weighted by Gasteiger charge is -2.26. The Hall–Kier alpha value is -2.17. The molecule has 0 aromatic heterocycles. The van der Waals surface area contributed by atoms with Crippen molar-refractivity contribution in [2.24, 2.45) is 0 Å². The summed E-state index contributed by atoms with van der Waals surface area (Å²) in [5.74, 6) is 2.10. The molecular formula is C66H127N5O5. The van der Waals surface area contributed by atoms with E-state index in [2.05, 4.69) is 59.1 Å². The summed E-state index contributed by atoms with van der Waals surface area (Å²) in [6, 6.07) is 0. The van der Waals surface area contributed by atoms with Gasteiger partial charge in [0.15, 0.2) is 0 Å². The van der Waals surface area contributed by atoms with Crippen molar-refractivity contribution in [2.75, 3.05) is 85.1 Å². The number of piperidine rings is 5. The van der Waals surface area contributed by atoms with E-state index in [9.17, 15) is 24.0 Å². The number of carbonyl (C=O) groups excluding carboxylic acids is 5. The molecule has 5 saturated heterocycles. The van der Waals surface area contributed by atoms with Crippen molar-refractivity contribution in [3.8, 4) is 0 Å². The average Bonchev–Trinajstić information content (AvgIpc) is 3.42. The molecule has 0 atom stereocenters. The topological polar surface area (TPSA) is 102 Å². The molecule has 10 nitrogen and oxygen atoms in total. The minimum absolute atomic E-state index is 0.384. The molecule has 5 fully saturated rings. The number of Topliss-reactive ketones (excluding diaryl/α,β-unsaturated/α-hetero) is 3. The fourth-order valence-corrected chi connectivity index (χ4v) is 11.1. The Morgan fingerprint density at radius 1 is 0.250 bits per heavy atom. The van der Waals surface area contributed by atoms with Crippen molar-refractivity contribution in [1.82, 2.24) is 24.5 Å². The van der Waals surface area contributed by atoms with Gasteiger partial charge in [0.2, 0.25) is 11.8 Å². The van der Waals surface area contributed by atoms with E-state index in [1.54, 1.807) is 0 Å². The Morgan fingerprint density at radius 2 is 0.539 bits per heavy atom. The van der Waals surface area contributed by atoms with Crippen molar-refractivity contribution in [3.05, 3.63) is 0 Å². The second-order valence-corrected chi connectivity index (χ2v) is 23.6. The standard InChI is InChI=1S/C14H27NO.4C13H25NO/c1-2-3-4-5-6-7-8-11-15-12-9-14(16)10-13-15;2*1-2-3-4-5-6-8-11-14-12-9-7-10-13(14)15;2*1-2-3-4-5-6-7-10-14-11-8-9-13(15)12-14/h2-13H2,1H3;4*2-12H2,1H3. The van der Waals surface area contributed by atoms with Gasteiger partial charge < -0.3 is 14.7 Å². The van der Waals surface area contributed by atoms with Gasteiger partial charge in [-0.15, -0.1) is 0 Å². The Kier molecular flexibility index (Phi) is 50.5. The highest BCUT2D eigenvalue weighted by atomic mass is 16.2. The quantitative estimate of drug-likeness (QED) is 0.0572. The van der Waals surface area contributed by atoms with Crippen LogP contribution in [0.1, 0.15) is 311 Å². The third-order valence-corrected chi connectivity index (χ3v) is 16.2. The summed E-state index contributed by atoms with van der Waals surface area (Å²) in [6.45, 7) is 24.5. The summed E-state index contributed by atoms with van der Waals surface area (Å²) in [5, 5.41) is 0. The molecule has 0 aromatic carbocycles. The number of ketones is 3. The third kappa shape index (κ3) is 43.7. The van der Waals surface area contributed by atoms with Gasteiger partial charge in [-0.2, -0.15) is 0 Å². The number of likely N-dealkylation sites (tertiary alicyclic amines) is 5. The van der Waals surface area contributed by atoms with Crippen LogP contribution < -0.4 is 0 Å². The van der Waals surface area contributed by atoms with E-state index in [-0.39, 0.29) is 0 Å². The van der Waals surface area contributed by atoms with Gasteiger partial charge >= 0.3 is 0 Å². The summed E-state index contributed by atoms with van der Waals surface area (Å²) in [6.07, 6.45) is 53.1. The first-order valence-corrected chi connectivity index (χ1v) is 33.4. The van der Waals surface area contributed by atoms with Crippen molar-refractivity contribution in [1.29, 1.82) is 0 Å². The molecule has 0 saturated carbocycles. The van der Waals surface area contributed by atoms with Gasteiger partial charge in [0, 0.05) is 77.8 Å². The molecular weight excluding hydrogens is 943 g/mol. The van der Waals surface area contributed by atoms with E-state index in [0.29, 0.717) is 29.2 Å². The molecule has 0 aliphatic carbocycles. The molecule has 2 amide bonds. The zero-order valence-corrected chi connectivity index (χ0v) is 51.4. The lowest BCUT2D eigenvalue weighted by molar-refractivity contribution is -0.134. The molecule has 10 heteroatoms. The molecule has 5 aliphatic rings. The van der Waals surface area contributed by atoms with E-state index < -0.39 is 0 Å². The Balaban J connectivity index is 0.000000475. The van der Waals surface area contributed by atoms with Crippen molar-refractivity contribution in [3.63, 3.8) is 0 Å². The highest BCUT2D eigenvalue weighted by Crippen LogP contribution is 2.16. The Labute approximate surface area is 471 Å². The maximum atomic E-state index is 11.5. The Morgan fingerprint density at radius 3 is 0.842 bits per heavy atom. The maximum absolute atomic E-state index is 11.5. The SMILES string of the molecule is CCCCCCCCCN1CCC(=O)CC1.CCCCCCCCN1CCCC(=O)C1.CCCCCCCCN1CCCC(=O)C1.CCCCCCCCN1CCCCC1=O.CCCCCCCCN1CCCCC1=O. The summed E-state index contributed by atoms with van der Waals surface area (Å²) >= 11 is 0. The molecule has 76 heavy (non-hydrogen) atoms. The summed E-state index contributed by atoms with van der Waals surface area (Å²) in [7, 11) is 0. The van der Waals surface area contributed by atoms with Crippen LogP contribution in [0.3, 0.4) is 0 Å². The van der Waals surface area contributed by atoms with E-state index in [4.69, 9.17) is 0 Å². The van der Waals surface area contributed by atoms with Crippen molar-refractivity contribution >= 4 is 29.2 Å². The summed E-state index contributed by atoms with van der Waals surface area (Å²) in [5.41, 5.74) is 0. The fraction of sp³-hybridized carbons (Fsp3) is 0.924. The van der Waals surface area contributed by atoms with Crippen LogP contribution in [0.15, 0.2) is 0 Å². The van der Waals surface area contributed by atoms with Crippen LogP contribution in [-0.4, -0.2) is 139 Å². The van der Waals surface area contributed by atoms with Gasteiger partial charge in [0.05, 0.1) is 13.1 Å². The highest BCUT2D eigenvalue weighted by Gasteiger charge is 2.20. The molecule has 5 heterocycles. The first-order valence-electron chi connectivity index (χ1n) is 33.4. The number of carbonyl (C=O) groups is 5. The molecule has 0 radical (unpaired) electrons. The minimum atomic E-state index is 0.384. The molecule has 5 rings (SSSR count). The smallest absolute Gasteiger partial charge is 0.222 e. The predicted octanol–water partition coefficient (Wildman–Crippen LogP) is 16.1. The van der Waals surface area contributed by atoms with Gasteiger partial charge in [-0.05, 0) is 103 Å². The van der Waals surface area contributed by atoms with Crippen molar-refractivity contribution in [2.45, 2.75) is 311 Å². The average molecular weight is 1070 g/mol. The van der Waals surface area contributed by atoms with Crippen LogP contribution in [0.5, 0.6) is 0 Å². The number of nitrogens with zero attached hydrogens (tertiary/aromatic N) is 5. The van der Waals surface area contributed by atoms with Crippen molar-refractivity contribution < 1.29 is 24.0 Å². The number of rotatable bonds is 36. The van der Waals surface area contributed by atoms with Crippen LogP contribution in [0.4, 0.5) is 0 Å². The van der Waals surface area contributed by atoms with Crippen LogP contribution in [0.2, 0.25) is 0 Å². The van der Waals surface area contributed by atoms with Gasteiger partial charge in [0.1, 0.15) is 17.3 Å². The summed E-state index contributed by atoms with van der Waals surface area (Å²) in [4.78, 5) is 67.7. The molecule has 0 spiro atoms. The van der Waals surface area contributed by atoms with E-state index >= 15 is 0 Å². The second-order valence-electron chi connectivity index (χ2n) is 23.6. The molecule has 5 aliphatic heterocycles. The number of amides is 2. The minimum Gasteiger partial charge on any atom is -0.343 e. The highest BCUT2D eigenvalue weighted by molar-refractivity contribution is 5.81. The maximum Gasteiger partial charge on any atom is 0.222 e. The second kappa shape index (κ2) is 53.5. The number of unbranched alkanes of at least 4 members (excludes halogenated alkanes) is 26. The fourth-order valence-electron chi connectivity index (χ4n) is 11.1. The normalized spacial score (nSPS) is 17.8. The Bertz CT molecular complexity index is 1290. The molecule has 0 aromatic rings. The van der Waals surface area contributed by atoms with E-state index in [1.165, 1.54) is 218 Å². The zero-order chi connectivity index (χ0) is 55.4. The van der Waals surface area contributed by atoms with Crippen LogP contribution >= 0.6 is 0 Å². The largest absolute Gasteiger partial charge is 0.343 e. The number of hydrogen-bond acceptors (Lipinski definition) is 8. The lowest BCUT2D eigenvalue weighted by Crippen LogP contribution is -2.36. The zero-order valence-electron chi connectivity index (χ0n) is 51.4. The van der Waals surface area contributed by atoms with Crippen LogP contribution in [0, 0.1) is 0 Å². The first-order chi connectivity index (χ1) is 37.2.